The fraction of sp³-hybridized carbons (Fsp3) is 0.273. The van der Waals surface area contributed by atoms with E-state index in [4.69, 9.17) is 15.9 Å². The van der Waals surface area contributed by atoms with E-state index in [0.717, 1.165) is 5.52 Å². The summed E-state index contributed by atoms with van der Waals surface area (Å²) in [6, 6.07) is 5.30. The fourth-order valence-electron chi connectivity index (χ4n) is 1.26. The number of carbonyl (C=O) groups is 1. The lowest BCUT2D eigenvalue weighted by Gasteiger charge is -2.02. The molecule has 4 N–H and O–H groups in total. The lowest BCUT2D eigenvalue weighted by molar-refractivity contribution is -0.120. The summed E-state index contributed by atoms with van der Waals surface area (Å²) in [6.45, 7) is 1.77. The van der Waals surface area contributed by atoms with Gasteiger partial charge < -0.3 is 15.9 Å². The first kappa shape index (κ1) is 11.8. The molecule has 0 bridgehead atoms. The first-order valence-corrected chi connectivity index (χ1v) is 6.13. The van der Waals surface area contributed by atoms with Gasteiger partial charge in [-0.25, -0.2) is 4.98 Å². The smallest absolute Gasteiger partial charge is 0.256 e. The monoisotopic (exact) mass is 251 g/mol. The Labute approximate surface area is 103 Å². The Bertz CT molecular complexity index is 553. The van der Waals surface area contributed by atoms with Crippen LogP contribution in [0, 0.1) is 5.92 Å². The summed E-state index contributed by atoms with van der Waals surface area (Å²) in [5, 5.41) is 0.527. The molecule has 0 saturated heterocycles. The number of anilines is 1. The van der Waals surface area contributed by atoms with E-state index >= 15 is 0 Å². The molecule has 0 aliphatic heterocycles. The van der Waals surface area contributed by atoms with Crippen LogP contribution in [-0.2, 0) is 4.79 Å². The third-order valence-corrected chi connectivity index (χ3v) is 3.42. The van der Waals surface area contributed by atoms with Crippen molar-refractivity contribution in [3.05, 3.63) is 18.2 Å². The summed E-state index contributed by atoms with van der Waals surface area (Å²) in [5.74, 6) is 0.0235. The molecule has 1 aromatic carbocycles. The van der Waals surface area contributed by atoms with Crippen molar-refractivity contribution >= 4 is 34.5 Å². The van der Waals surface area contributed by atoms with Crippen LogP contribution < -0.4 is 11.5 Å². The number of amides is 1. The van der Waals surface area contributed by atoms with Gasteiger partial charge in [-0.05, 0) is 12.1 Å². The largest absolute Gasteiger partial charge is 0.431 e. The number of aromatic nitrogens is 1. The van der Waals surface area contributed by atoms with Gasteiger partial charge in [0.25, 0.3) is 5.22 Å². The maximum atomic E-state index is 10.9. The van der Waals surface area contributed by atoms with Crippen molar-refractivity contribution < 1.29 is 9.21 Å². The van der Waals surface area contributed by atoms with Crippen LogP contribution in [0.1, 0.15) is 6.92 Å². The van der Waals surface area contributed by atoms with Gasteiger partial charge in [-0.1, -0.05) is 18.7 Å². The summed E-state index contributed by atoms with van der Waals surface area (Å²) in [5.41, 5.74) is 12.9. The van der Waals surface area contributed by atoms with Gasteiger partial charge in [0.2, 0.25) is 5.91 Å². The van der Waals surface area contributed by atoms with Crippen LogP contribution in [0.25, 0.3) is 11.1 Å². The van der Waals surface area contributed by atoms with Crippen LogP contribution in [0.3, 0.4) is 0 Å². The van der Waals surface area contributed by atoms with Crippen molar-refractivity contribution in [3.63, 3.8) is 0 Å². The number of hydrogen-bond donors (Lipinski definition) is 2. The fourth-order valence-corrected chi connectivity index (χ4v) is 2.13. The molecule has 1 aromatic heterocycles. The molecule has 2 aromatic rings. The normalized spacial score (nSPS) is 12.8. The Kier molecular flexibility index (Phi) is 3.23. The highest BCUT2D eigenvalue weighted by molar-refractivity contribution is 7.99. The number of benzene rings is 1. The lowest BCUT2D eigenvalue weighted by atomic mass is 10.2. The predicted molar refractivity (Wildman–Crippen MR) is 67.5 cm³/mol. The molecule has 2 rings (SSSR count). The molecule has 0 saturated carbocycles. The standard InChI is InChI=1S/C11H13N3O2S/c1-6(10(13)15)5-17-11-14-8-3-2-7(12)4-9(8)16-11/h2-4,6H,5,12H2,1H3,(H2,13,15). The number of carbonyl (C=O) groups excluding carboxylic acids is 1. The van der Waals surface area contributed by atoms with E-state index in [1.54, 1.807) is 25.1 Å². The molecule has 0 fully saturated rings. The minimum atomic E-state index is -0.321. The Morgan fingerprint density at radius 1 is 1.59 bits per heavy atom. The molecule has 90 valence electrons. The van der Waals surface area contributed by atoms with Crippen LogP contribution in [0.4, 0.5) is 5.69 Å². The van der Waals surface area contributed by atoms with E-state index in [-0.39, 0.29) is 11.8 Å². The summed E-state index contributed by atoms with van der Waals surface area (Å²) >= 11 is 1.37. The molecule has 1 unspecified atom stereocenters. The Morgan fingerprint density at radius 3 is 3.06 bits per heavy atom. The second-order valence-corrected chi connectivity index (χ2v) is 4.79. The van der Waals surface area contributed by atoms with E-state index in [2.05, 4.69) is 4.98 Å². The van der Waals surface area contributed by atoms with Crippen LogP contribution in [0.2, 0.25) is 0 Å². The zero-order valence-corrected chi connectivity index (χ0v) is 10.2. The van der Waals surface area contributed by atoms with Crippen molar-refractivity contribution in [2.45, 2.75) is 12.1 Å². The van der Waals surface area contributed by atoms with Gasteiger partial charge in [-0.3, -0.25) is 4.79 Å². The highest BCUT2D eigenvalue weighted by Crippen LogP contribution is 2.26. The van der Waals surface area contributed by atoms with Crippen molar-refractivity contribution in [1.82, 2.24) is 4.98 Å². The van der Waals surface area contributed by atoms with Gasteiger partial charge in [0.05, 0.1) is 0 Å². The van der Waals surface area contributed by atoms with Crippen LogP contribution in [-0.4, -0.2) is 16.6 Å². The summed E-state index contributed by atoms with van der Waals surface area (Å²) < 4.78 is 5.50. The van der Waals surface area contributed by atoms with Gasteiger partial charge in [-0.15, -0.1) is 0 Å². The average Bonchev–Trinajstić information content (AvgIpc) is 2.67. The van der Waals surface area contributed by atoms with Gasteiger partial charge in [0.1, 0.15) is 5.52 Å². The SMILES string of the molecule is CC(CSc1nc2ccc(N)cc2o1)C(N)=O. The van der Waals surface area contributed by atoms with Gasteiger partial charge in [0, 0.05) is 23.4 Å². The van der Waals surface area contributed by atoms with Gasteiger partial charge in [-0.2, -0.15) is 0 Å². The first-order valence-electron chi connectivity index (χ1n) is 5.14. The number of oxazole rings is 1. The molecule has 6 heteroatoms. The van der Waals surface area contributed by atoms with E-state index in [1.165, 1.54) is 11.8 Å². The number of primary amides is 1. The Morgan fingerprint density at radius 2 is 2.35 bits per heavy atom. The van der Waals surface area contributed by atoms with Crippen LogP contribution >= 0.6 is 11.8 Å². The first-order chi connectivity index (χ1) is 8.06. The predicted octanol–water partition coefficient (Wildman–Crippen LogP) is 1.62. The Hall–Kier alpha value is -1.69. The quantitative estimate of drug-likeness (QED) is 0.636. The number of nitrogen functional groups attached to an aromatic ring is 1. The molecule has 1 atom stereocenters. The molecule has 0 spiro atoms. The van der Waals surface area contributed by atoms with Gasteiger partial charge >= 0.3 is 0 Å². The second kappa shape index (κ2) is 4.67. The molecule has 0 aliphatic carbocycles. The number of thioether (sulfide) groups is 1. The maximum absolute atomic E-state index is 10.9. The summed E-state index contributed by atoms with van der Waals surface area (Å²) in [6.07, 6.45) is 0. The molecular weight excluding hydrogens is 238 g/mol. The lowest BCUT2D eigenvalue weighted by Crippen LogP contribution is -2.22. The molecule has 1 heterocycles. The zero-order valence-electron chi connectivity index (χ0n) is 9.34. The molecule has 0 aliphatic rings. The average molecular weight is 251 g/mol. The molecule has 17 heavy (non-hydrogen) atoms. The van der Waals surface area contributed by atoms with E-state index in [1.807, 2.05) is 0 Å². The zero-order chi connectivity index (χ0) is 12.4. The minimum absolute atomic E-state index is 0.208. The molecule has 1 amide bonds. The molecule has 5 nitrogen and oxygen atoms in total. The number of nitrogens with zero attached hydrogens (tertiary/aromatic N) is 1. The number of rotatable bonds is 4. The molecule has 0 radical (unpaired) electrons. The number of hydrogen-bond acceptors (Lipinski definition) is 5. The highest BCUT2D eigenvalue weighted by Gasteiger charge is 2.12. The number of fused-ring (bicyclic) bond motifs is 1. The van der Waals surface area contributed by atoms with Crippen molar-refractivity contribution in [1.29, 1.82) is 0 Å². The molecular formula is C11H13N3O2S. The van der Waals surface area contributed by atoms with E-state index in [9.17, 15) is 4.79 Å². The highest BCUT2D eigenvalue weighted by atomic mass is 32.2. The van der Waals surface area contributed by atoms with Crippen molar-refractivity contribution in [2.75, 3.05) is 11.5 Å². The van der Waals surface area contributed by atoms with Crippen molar-refractivity contribution in [2.24, 2.45) is 11.7 Å². The van der Waals surface area contributed by atoms with E-state index < -0.39 is 0 Å². The van der Waals surface area contributed by atoms with Gasteiger partial charge in [0.15, 0.2) is 5.58 Å². The Balaban J connectivity index is 2.12. The van der Waals surface area contributed by atoms with Crippen LogP contribution in [0.15, 0.2) is 27.8 Å². The van der Waals surface area contributed by atoms with Crippen LogP contribution in [0.5, 0.6) is 0 Å². The van der Waals surface area contributed by atoms with E-state index in [0.29, 0.717) is 22.2 Å². The summed E-state index contributed by atoms with van der Waals surface area (Å²) in [7, 11) is 0. The topological polar surface area (TPSA) is 95.1 Å². The third kappa shape index (κ3) is 2.71. The third-order valence-electron chi connectivity index (χ3n) is 2.34. The maximum Gasteiger partial charge on any atom is 0.256 e. The summed E-state index contributed by atoms with van der Waals surface area (Å²) in [4.78, 5) is 15.2. The second-order valence-electron chi connectivity index (χ2n) is 3.82. The minimum Gasteiger partial charge on any atom is -0.431 e. The van der Waals surface area contributed by atoms with Crippen molar-refractivity contribution in [3.8, 4) is 0 Å². The number of nitrogens with two attached hydrogens (primary N) is 2.